The van der Waals surface area contributed by atoms with Crippen LogP contribution in [0.25, 0.3) is 11.4 Å². The Labute approximate surface area is 147 Å². The number of rotatable bonds is 3. The summed E-state index contributed by atoms with van der Waals surface area (Å²) < 4.78 is 4.17. The van der Waals surface area contributed by atoms with Gasteiger partial charge in [-0.3, -0.25) is 4.79 Å². The van der Waals surface area contributed by atoms with Crippen LogP contribution in [0, 0.1) is 6.92 Å². The Kier molecular flexibility index (Phi) is 3.92. The average molecular weight is 334 g/mol. The maximum Gasteiger partial charge on any atom is 0.270 e. The van der Waals surface area contributed by atoms with Crippen LogP contribution in [0.4, 0.5) is 0 Å². The van der Waals surface area contributed by atoms with Crippen molar-refractivity contribution in [2.75, 3.05) is 13.1 Å². The molecule has 0 spiro atoms. The minimum Gasteiger partial charge on any atom is -0.347 e. The number of hydrogen-bond acceptors (Lipinski definition) is 2. The third-order valence-corrected chi connectivity index (χ3v) is 4.99. The molecule has 0 aliphatic carbocycles. The molecule has 3 aromatic rings. The van der Waals surface area contributed by atoms with E-state index in [0.29, 0.717) is 0 Å². The highest BCUT2D eigenvalue weighted by Gasteiger charge is 2.31. The molecule has 5 heteroatoms. The molecular formula is C20H22N4O. The fraction of sp³-hybridized carbons (Fsp3) is 0.300. The number of carbonyl (C=O) groups is 1. The number of imidazole rings is 1. The number of likely N-dealkylation sites (tertiary alicyclic amines) is 1. The first-order valence-electron chi connectivity index (χ1n) is 8.65. The molecule has 0 radical (unpaired) electrons. The molecule has 2 aromatic heterocycles. The van der Waals surface area contributed by atoms with E-state index in [4.69, 9.17) is 0 Å². The summed E-state index contributed by atoms with van der Waals surface area (Å²) in [5, 5.41) is 0. The summed E-state index contributed by atoms with van der Waals surface area (Å²) in [7, 11) is 1.91. The fourth-order valence-corrected chi connectivity index (χ4v) is 3.69. The Hall–Kier alpha value is -2.82. The molecule has 1 aromatic carbocycles. The zero-order chi connectivity index (χ0) is 17.4. The molecule has 4 rings (SSSR count). The van der Waals surface area contributed by atoms with Crippen molar-refractivity contribution in [2.24, 2.45) is 7.05 Å². The Bertz CT molecular complexity index is 894. The third kappa shape index (κ3) is 2.76. The maximum absolute atomic E-state index is 12.8. The van der Waals surface area contributed by atoms with Gasteiger partial charge in [-0.15, -0.1) is 0 Å². The first-order chi connectivity index (χ1) is 12.1. The number of amides is 1. The maximum atomic E-state index is 12.8. The lowest BCUT2D eigenvalue weighted by Crippen LogP contribution is -2.30. The van der Waals surface area contributed by atoms with E-state index in [0.717, 1.165) is 42.3 Å². The van der Waals surface area contributed by atoms with Gasteiger partial charge in [0.2, 0.25) is 0 Å². The van der Waals surface area contributed by atoms with E-state index in [1.165, 1.54) is 0 Å². The highest BCUT2D eigenvalue weighted by molar-refractivity contribution is 5.93. The molecule has 5 nitrogen and oxygen atoms in total. The van der Waals surface area contributed by atoms with Gasteiger partial charge >= 0.3 is 0 Å². The van der Waals surface area contributed by atoms with Gasteiger partial charge in [0.15, 0.2) is 0 Å². The van der Waals surface area contributed by atoms with E-state index in [9.17, 15) is 4.79 Å². The van der Waals surface area contributed by atoms with Crippen LogP contribution in [-0.2, 0) is 7.05 Å². The molecule has 1 aliphatic rings. The topological polar surface area (TPSA) is 43.1 Å². The van der Waals surface area contributed by atoms with Crippen LogP contribution in [0.5, 0.6) is 0 Å². The van der Waals surface area contributed by atoms with E-state index in [2.05, 4.69) is 28.6 Å². The second-order valence-corrected chi connectivity index (χ2v) is 6.66. The number of benzene rings is 1. The van der Waals surface area contributed by atoms with E-state index in [1.54, 1.807) is 0 Å². The van der Waals surface area contributed by atoms with Gasteiger partial charge in [0.1, 0.15) is 11.5 Å². The smallest absolute Gasteiger partial charge is 0.270 e. The Morgan fingerprint density at radius 3 is 2.68 bits per heavy atom. The average Bonchev–Trinajstić information content (AvgIpc) is 3.34. The van der Waals surface area contributed by atoms with Gasteiger partial charge in [0, 0.05) is 43.8 Å². The van der Waals surface area contributed by atoms with E-state index in [-0.39, 0.29) is 11.9 Å². The molecular weight excluding hydrogens is 312 g/mol. The molecule has 1 aliphatic heterocycles. The lowest BCUT2D eigenvalue weighted by Gasteiger charge is -2.20. The van der Waals surface area contributed by atoms with Crippen LogP contribution < -0.4 is 0 Å². The number of nitrogens with zero attached hydrogens (tertiary/aromatic N) is 4. The van der Waals surface area contributed by atoms with Crippen molar-refractivity contribution in [1.29, 1.82) is 0 Å². The van der Waals surface area contributed by atoms with Gasteiger partial charge in [-0.2, -0.15) is 0 Å². The zero-order valence-electron chi connectivity index (χ0n) is 14.6. The second kappa shape index (κ2) is 6.24. The highest BCUT2D eigenvalue weighted by Crippen LogP contribution is 2.30. The summed E-state index contributed by atoms with van der Waals surface area (Å²) in [6, 6.07) is 14.3. The van der Waals surface area contributed by atoms with Crippen molar-refractivity contribution >= 4 is 5.91 Å². The van der Waals surface area contributed by atoms with Gasteiger partial charge in [-0.05, 0) is 25.5 Å². The molecule has 25 heavy (non-hydrogen) atoms. The molecule has 0 saturated carbocycles. The zero-order valence-corrected chi connectivity index (χ0v) is 14.6. The van der Waals surface area contributed by atoms with Crippen LogP contribution in [0.1, 0.15) is 28.6 Å². The molecule has 128 valence electrons. The summed E-state index contributed by atoms with van der Waals surface area (Å²) in [6.07, 6.45) is 4.78. The second-order valence-electron chi connectivity index (χ2n) is 6.66. The van der Waals surface area contributed by atoms with Gasteiger partial charge in [-0.25, -0.2) is 4.98 Å². The standard InChI is InChI=1S/C20H22N4O/c1-15-13-21-19(16-7-4-3-5-8-16)24(15)17-10-12-23(14-17)20(25)18-9-6-11-22(18)2/h3-9,11,13,17H,10,12,14H2,1-2H3. The number of carbonyl (C=O) groups excluding carboxylic acids is 1. The summed E-state index contributed by atoms with van der Waals surface area (Å²) in [5.74, 6) is 1.09. The molecule has 0 N–H and O–H groups in total. The van der Waals surface area contributed by atoms with E-state index in [1.807, 2.05) is 59.2 Å². The third-order valence-electron chi connectivity index (χ3n) is 4.99. The first-order valence-corrected chi connectivity index (χ1v) is 8.65. The number of hydrogen-bond donors (Lipinski definition) is 0. The molecule has 1 saturated heterocycles. The fourth-order valence-electron chi connectivity index (χ4n) is 3.69. The molecule has 0 bridgehead atoms. The van der Waals surface area contributed by atoms with Crippen molar-refractivity contribution in [2.45, 2.75) is 19.4 Å². The Morgan fingerprint density at radius 1 is 1.16 bits per heavy atom. The van der Waals surface area contributed by atoms with Crippen LogP contribution in [0.15, 0.2) is 54.9 Å². The summed E-state index contributed by atoms with van der Waals surface area (Å²) in [5.41, 5.74) is 2.99. The highest BCUT2D eigenvalue weighted by atomic mass is 16.2. The predicted octanol–water partition coefficient (Wildman–Crippen LogP) is 3.28. The van der Waals surface area contributed by atoms with E-state index >= 15 is 0 Å². The lowest BCUT2D eigenvalue weighted by atomic mass is 10.2. The summed E-state index contributed by atoms with van der Waals surface area (Å²) in [6.45, 7) is 3.59. The summed E-state index contributed by atoms with van der Waals surface area (Å²) >= 11 is 0. The molecule has 3 heterocycles. The quantitative estimate of drug-likeness (QED) is 0.738. The van der Waals surface area contributed by atoms with Crippen LogP contribution in [0.2, 0.25) is 0 Å². The van der Waals surface area contributed by atoms with Gasteiger partial charge in [0.25, 0.3) is 5.91 Å². The normalized spacial score (nSPS) is 17.2. The Balaban J connectivity index is 1.60. The molecule has 1 amide bonds. The van der Waals surface area contributed by atoms with Crippen molar-refractivity contribution in [3.05, 3.63) is 66.2 Å². The number of aromatic nitrogens is 3. The van der Waals surface area contributed by atoms with Gasteiger partial charge < -0.3 is 14.0 Å². The van der Waals surface area contributed by atoms with Crippen molar-refractivity contribution in [1.82, 2.24) is 19.0 Å². The molecule has 1 atom stereocenters. The predicted molar refractivity (Wildman–Crippen MR) is 97.4 cm³/mol. The monoisotopic (exact) mass is 334 g/mol. The van der Waals surface area contributed by atoms with Crippen LogP contribution >= 0.6 is 0 Å². The van der Waals surface area contributed by atoms with Crippen molar-refractivity contribution in [3.8, 4) is 11.4 Å². The lowest BCUT2D eigenvalue weighted by molar-refractivity contribution is 0.0778. The minimum atomic E-state index is 0.106. The Morgan fingerprint density at radius 2 is 1.96 bits per heavy atom. The van der Waals surface area contributed by atoms with Crippen molar-refractivity contribution < 1.29 is 4.79 Å². The minimum absolute atomic E-state index is 0.106. The van der Waals surface area contributed by atoms with E-state index < -0.39 is 0 Å². The summed E-state index contributed by atoms with van der Waals surface area (Å²) in [4.78, 5) is 19.3. The van der Waals surface area contributed by atoms with Crippen molar-refractivity contribution in [3.63, 3.8) is 0 Å². The largest absolute Gasteiger partial charge is 0.347 e. The van der Waals surface area contributed by atoms with Crippen LogP contribution in [-0.4, -0.2) is 38.0 Å². The van der Waals surface area contributed by atoms with Crippen LogP contribution in [0.3, 0.4) is 0 Å². The first kappa shape index (κ1) is 15.7. The molecule has 1 unspecified atom stereocenters. The molecule has 1 fully saturated rings. The number of aryl methyl sites for hydroxylation is 2. The van der Waals surface area contributed by atoms with Gasteiger partial charge in [-0.1, -0.05) is 30.3 Å². The van der Waals surface area contributed by atoms with Gasteiger partial charge in [0.05, 0.1) is 6.04 Å². The SMILES string of the molecule is Cc1cnc(-c2ccccc2)n1C1CCN(C(=O)c2cccn2C)C1.